The van der Waals surface area contributed by atoms with Crippen molar-refractivity contribution in [2.24, 2.45) is 0 Å². The van der Waals surface area contributed by atoms with Crippen LogP contribution in [-0.4, -0.2) is 34.1 Å². The first-order valence-electron chi connectivity index (χ1n) is 3.99. The smallest absolute Gasteiger partial charge is 0.272 e. The molecule has 1 amide bonds. The molecule has 4 heteroatoms. The van der Waals surface area contributed by atoms with Gasteiger partial charge < -0.3 is 4.90 Å². The molecule has 1 aromatic rings. The summed E-state index contributed by atoms with van der Waals surface area (Å²) in [5.74, 6) is 0.0428. The fourth-order valence-electron chi connectivity index (χ4n) is 1.48. The van der Waals surface area contributed by atoms with Crippen LogP contribution >= 0.6 is 0 Å². The van der Waals surface area contributed by atoms with E-state index in [4.69, 9.17) is 0 Å². The SMILES string of the molecule is CC1Cc2cn[nH]c2C(=O)N1C. The number of rotatable bonds is 0. The minimum Gasteiger partial charge on any atom is -0.337 e. The molecule has 0 radical (unpaired) electrons. The van der Waals surface area contributed by atoms with Crippen molar-refractivity contribution in [2.75, 3.05) is 7.05 Å². The zero-order chi connectivity index (χ0) is 8.72. The molecule has 0 bridgehead atoms. The van der Waals surface area contributed by atoms with E-state index in [1.807, 2.05) is 14.0 Å². The van der Waals surface area contributed by atoms with Crippen molar-refractivity contribution in [2.45, 2.75) is 19.4 Å². The Hall–Kier alpha value is -1.32. The summed E-state index contributed by atoms with van der Waals surface area (Å²) in [7, 11) is 1.82. The van der Waals surface area contributed by atoms with Gasteiger partial charge in [-0.15, -0.1) is 0 Å². The highest BCUT2D eigenvalue weighted by Crippen LogP contribution is 2.18. The number of nitrogens with zero attached hydrogens (tertiary/aromatic N) is 2. The van der Waals surface area contributed by atoms with Crippen LogP contribution in [0.25, 0.3) is 0 Å². The molecule has 1 aliphatic rings. The first-order chi connectivity index (χ1) is 5.70. The van der Waals surface area contributed by atoms with E-state index >= 15 is 0 Å². The number of H-pyrrole nitrogens is 1. The van der Waals surface area contributed by atoms with Gasteiger partial charge in [-0.05, 0) is 13.3 Å². The summed E-state index contributed by atoms with van der Waals surface area (Å²) >= 11 is 0. The lowest BCUT2D eigenvalue weighted by Crippen LogP contribution is -2.40. The predicted octanol–water partition coefficient (Wildman–Crippen LogP) is 0.426. The van der Waals surface area contributed by atoms with Crippen molar-refractivity contribution in [3.8, 4) is 0 Å². The molecule has 0 aliphatic carbocycles. The summed E-state index contributed by atoms with van der Waals surface area (Å²) in [5, 5.41) is 6.57. The van der Waals surface area contributed by atoms with E-state index in [1.165, 1.54) is 0 Å². The van der Waals surface area contributed by atoms with E-state index in [0.29, 0.717) is 5.69 Å². The van der Waals surface area contributed by atoms with E-state index in [-0.39, 0.29) is 11.9 Å². The second kappa shape index (κ2) is 2.33. The summed E-state index contributed by atoms with van der Waals surface area (Å²) in [6, 6.07) is 0.280. The summed E-state index contributed by atoms with van der Waals surface area (Å²) in [6.45, 7) is 2.04. The summed E-state index contributed by atoms with van der Waals surface area (Å²) in [5.41, 5.74) is 1.68. The lowest BCUT2D eigenvalue weighted by Gasteiger charge is -2.28. The topological polar surface area (TPSA) is 49.0 Å². The zero-order valence-corrected chi connectivity index (χ0v) is 7.16. The van der Waals surface area contributed by atoms with Crippen molar-refractivity contribution in [1.82, 2.24) is 15.1 Å². The average Bonchev–Trinajstić information content (AvgIpc) is 2.48. The van der Waals surface area contributed by atoms with Gasteiger partial charge in [0.2, 0.25) is 0 Å². The molecule has 12 heavy (non-hydrogen) atoms. The molecule has 0 fully saturated rings. The molecule has 2 rings (SSSR count). The third-order valence-electron chi connectivity index (χ3n) is 2.43. The largest absolute Gasteiger partial charge is 0.337 e. The maximum absolute atomic E-state index is 11.5. The molecule has 2 heterocycles. The van der Waals surface area contributed by atoms with Gasteiger partial charge in [0.15, 0.2) is 0 Å². The lowest BCUT2D eigenvalue weighted by molar-refractivity contribution is 0.0715. The second-order valence-electron chi connectivity index (χ2n) is 3.24. The Morgan fingerprint density at radius 1 is 1.75 bits per heavy atom. The molecule has 4 nitrogen and oxygen atoms in total. The molecular formula is C8H11N3O. The van der Waals surface area contributed by atoms with Gasteiger partial charge in [-0.1, -0.05) is 0 Å². The Morgan fingerprint density at radius 2 is 2.50 bits per heavy atom. The van der Waals surface area contributed by atoms with Crippen molar-refractivity contribution >= 4 is 5.91 Å². The van der Waals surface area contributed by atoms with Crippen LogP contribution in [0.4, 0.5) is 0 Å². The average molecular weight is 165 g/mol. The molecule has 0 saturated heterocycles. The van der Waals surface area contributed by atoms with Crippen LogP contribution in [0.3, 0.4) is 0 Å². The van der Waals surface area contributed by atoms with E-state index < -0.39 is 0 Å². The quantitative estimate of drug-likeness (QED) is 0.606. The van der Waals surface area contributed by atoms with Crippen LogP contribution in [0.5, 0.6) is 0 Å². The number of likely N-dealkylation sites (N-methyl/N-ethyl adjacent to an activating group) is 1. The second-order valence-corrected chi connectivity index (χ2v) is 3.24. The van der Waals surface area contributed by atoms with Crippen LogP contribution in [0.2, 0.25) is 0 Å². The Kier molecular flexibility index (Phi) is 1.43. The molecule has 1 N–H and O–H groups in total. The van der Waals surface area contributed by atoms with Gasteiger partial charge in [-0.25, -0.2) is 0 Å². The highest BCUT2D eigenvalue weighted by Gasteiger charge is 2.27. The summed E-state index contributed by atoms with van der Waals surface area (Å²) < 4.78 is 0. The third-order valence-corrected chi connectivity index (χ3v) is 2.43. The maximum Gasteiger partial charge on any atom is 0.272 e. The number of aromatic nitrogens is 2. The van der Waals surface area contributed by atoms with Crippen molar-refractivity contribution in [3.05, 3.63) is 17.5 Å². The van der Waals surface area contributed by atoms with E-state index in [2.05, 4.69) is 10.2 Å². The van der Waals surface area contributed by atoms with Crippen LogP contribution in [-0.2, 0) is 6.42 Å². The number of fused-ring (bicyclic) bond motifs is 1. The number of carbonyl (C=O) groups excluding carboxylic acids is 1. The van der Waals surface area contributed by atoms with Gasteiger partial charge in [0.1, 0.15) is 5.69 Å². The Balaban J connectivity index is 2.46. The third kappa shape index (κ3) is 0.841. The van der Waals surface area contributed by atoms with Gasteiger partial charge in [-0.3, -0.25) is 9.89 Å². The number of hydrogen-bond acceptors (Lipinski definition) is 2. The Bertz CT molecular complexity index is 318. The van der Waals surface area contributed by atoms with Crippen LogP contribution in [0.1, 0.15) is 23.0 Å². The molecule has 1 atom stereocenters. The van der Waals surface area contributed by atoms with Crippen LogP contribution in [0.15, 0.2) is 6.20 Å². The van der Waals surface area contributed by atoms with Crippen molar-refractivity contribution < 1.29 is 4.79 Å². The van der Waals surface area contributed by atoms with Crippen molar-refractivity contribution in [1.29, 1.82) is 0 Å². The van der Waals surface area contributed by atoms with E-state index in [0.717, 1.165) is 12.0 Å². The monoisotopic (exact) mass is 165 g/mol. The van der Waals surface area contributed by atoms with E-state index in [9.17, 15) is 4.79 Å². The summed E-state index contributed by atoms with van der Waals surface area (Å²) in [4.78, 5) is 13.3. The zero-order valence-electron chi connectivity index (χ0n) is 7.16. The molecular weight excluding hydrogens is 154 g/mol. The first kappa shape index (κ1) is 7.34. The molecule has 1 aromatic heterocycles. The molecule has 1 aliphatic heterocycles. The van der Waals surface area contributed by atoms with Gasteiger partial charge in [0.25, 0.3) is 5.91 Å². The molecule has 64 valence electrons. The maximum atomic E-state index is 11.5. The van der Waals surface area contributed by atoms with Gasteiger partial charge in [0, 0.05) is 18.7 Å². The normalized spacial score (nSPS) is 22.7. The number of carbonyl (C=O) groups is 1. The fourth-order valence-corrected chi connectivity index (χ4v) is 1.48. The molecule has 1 unspecified atom stereocenters. The highest BCUT2D eigenvalue weighted by molar-refractivity contribution is 5.94. The Labute approximate surface area is 70.6 Å². The van der Waals surface area contributed by atoms with Gasteiger partial charge in [0.05, 0.1) is 6.20 Å². The van der Waals surface area contributed by atoms with Crippen LogP contribution in [0, 0.1) is 0 Å². The number of hydrogen-bond donors (Lipinski definition) is 1. The van der Waals surface area contributed by atoms with Crippen molar-refractivity contribution in [3.63, 3.8) is 0 Å². The standard InChI is InChI=1S/C8H11N3O/c1-5-3-6-4-9-10-7(6)8(12)11(5)2/h4-5H,3H2,1-2H3,(H,9,10). The minimum atomic E-state index is 0.0428. The first-order valence-corrected chi connectivity index (χ1v) is 3.99. The molecule has 0 spiro atoms. The van der Waals surface area contributed by atoms with E-state index in [1.54, 1.807) is 11.1 Å². The lowest BCUT2D eigenvalue weighted by atomic mass is 10.0. The fraction of sp³-hybridized carbons (Fsp3) is 0.500. The Morgan fingerprint density at radius 3 is 3.25 bits per heavy atom. The van der Waals surface area contributed by atoms with Gasteiger partial charge >= 0.3 is 0 Å². The number of aromatic amines is 1. The molecule has 0 aromatic carbocycles. The predicted molar refractivity (Wildman–Crippen MR) is 43.8 cm³/mol. The summed E-state index contributed by atoms with van der Waals surface area (Å²) in [6.07, 6.45) is 2.63. The van der Waals surface area contributed by atoms with Crippen LogP contribution < -0.4 is 0 Å². The molecule has 0 saturated carbocycles. The number of amides is 1. The van der Waals surface area contributed by atoms with Gasteiger partial charge in [-0.2, -0.15) is 5.10 Å². The number of nitrogens with one attached hydrogen (secondary N) is 1. The highest BCUT2D eigenvalue weighted by atomic mass is 16.2. The minimum absolute atomic E-state index is 0.0428.